The Morgan fingerprint density at radius 3 is 2.55 bits per heavy atom. The Labute approximate surface area is 120 Å². The summed E-state index contributed by atoms with van der Waals surface area (Å²) in [6.45, 7) is 0. The summed E-state index contributed by atoms with van der Waals surface area (Å²) < 4.78 is 9.92. The minimum absolute atomic E-state index is 0.319. The van der Waals surface area contributed by atoms with Crippen molar-refractivity contribution in [1.82, 2.24) is 0 Å². The molecule has 1 atom stereocenters. The summed E-state index contributed by atoms with van der Waals surface area (Å²) in [5, 5.41) is 0. The van der Waals surface area contributed by atoms with Crippen molar-refractivity contribution in [3.05, 3.63) is 35.9 Å². The first-order valence-electron chi connectivity index (χ1n) is 7.11. The second-order valence-electron chi connectivity index (χ2n) is 5.03. The predicted molar refractivity (Wildman–Crippen MR) is 77.2 cm³/mol. The van der Waals surface area contributed by atoms with E-state index < -0.39 is 6.16 Å². The Bertz CT molecular complexity index is 478. The van der Waals surface area contributed by atoms with E-state index in [0.717, 1.165) is 18.4 Å². The second-order valence-corrected chi connectivity index (χ2v) is 5.03. The van der Waals surface area contributed by atoms with Crippen molar-refractivity contribution in [2.45, 2.75) is 38.2 Å². The first-order chi connectivity index (χ1) is 9.79. The maximum atomic E-state index is 11.4. The van der Waals surface area contributed by atoms with E-state index in [-0.39, 0.29) is 6.10 Å². The van der Waals surface area contributed by atoms with Gasteiger partial charge in [-0.25, -0.2) is 4.79 Å². The van der Waals surface area contributed by atoms with Crippen LogP contribution in [0.15, 0.2) is 30.3 Å². The molecule has 1 fully saturated rings. The van der Waals surface area contributed by atoms with Gasteiger partial charge in [0.05, 0.1) is 7.11 Å². The lowest BCUT2D eigenvalue weighted by Crippen LogP contribution is -2.27. The first kappa shape index (κ1) is 14.5. The summed E-state index contributed by atoms with van der Waals surface area (Å²) >= 11 is 0. The molecule has 3 heteroatoms. The van der Waals surface area contributed by atoms with Crippen LogP contribution in [0.5, 0.6) is 0 Å². The van der Waals surface area contributed by atoms with E-state index in [1.54, 1.807) is 0 Å². The number of ether oxygens (including phenoxy) is 2. The molecule has 1 unspecified atom stereocenters. The Balaban J connectivity index is 2.09. The van der Waals surface area contributed by atoms with Gasteiger partial charge in [0.25, 0.3) is 0 Å². The lowest BCUT2D eigenvalue weighted by Gasteiger charge is -2.26. The highest BCUT2D eigenvalue weighted by atomic mass is 16.7. The van der Waals surface area contributed by atoms with Crippen LogP contribution >= 0.6 is 0 Å². The van der Waals surface area contributed by atoms with Crippen LogP contribution in [0.2, 0.25) is 0 Å². The molecule has 1 aromatic rings. The van der Waals surface area contributed by atoms with Crippen molar-refractivity contribution in [2.75, 3.05) is 7.11 Å². The second kappa shape index (κ2) is 7.59. The van der Waals surface area contributed by atoms with Gasteiger partial charge in [-0.3, -0.25) is 0 Å². The van der Waals surface area contributed by atoms with Crippen molar-refractivity contribution in [3.8, 4) is 11.8 Å². The van der Waals surface area contributed by atoms with Crippen molar-refractivity contribution >= 4 is 6.16 Å². The zero-order valence-corrected chi connectivity index (χ0v) is 11.8. The lowest BCUT2D eigenvalue weighted by atomic mass is 9.85. The highest BCUT2D eigenvalue weighted by molar-refractivity contribution is 5.60. The highest BCUT2D eigenvalue weighted by Crippen LogP contribution is 2.28. The van der Waals surface area contributed by atoms with Gasteiger partial charge in [-0.05, 0) is 25.0 Å². The van der Waals surface area contributed by atoms with E-state index in [4.69, 9.17) is 4.74 Å². The van der Waals surface area contributed by atoms with E-state index in [9.17, 15) is 4.79 Å². The van der Waals surface area contributed by atoms with Crippen LogP contribution in [0.1, 0.15) is 37.7 Å². The van der Waals surface area contributed by atoms with Gasteiger partial charge in [-0.2, -0.15) is 0 Å². The fraction of sp³-hybridized carbons (Fsp3) is 0.471. The van der Waals surface area contributed by atoms with Crippen LogP contribution < -0.4 is 0 Å². The zero-order valence-electron chi connectivity index (χ0n) is 11.8. The van der Waals surface area contributed by atoms with E-state index in [1.807, 2.05) is 30.3 Å². The standard InChI is InChI=1S/C17H20O3/c1-19-17(18)20-16(15-10-6-3-7-11-15)13-12-14-8-4-2-5-9-14/h2,4-5,8-9,15-16H,3,6-7,10-11H2,1H3. The Morgan fingerprint density at radius 2 is 1.90 bits per heavy atom. The van der Waals surface area contributed by atoms with Crippen LogP contribution in [0.4, 0.5) is 4.79 Å². The van der Waals surface area contributed by atoms with Gasteiger partial charge < -0.3 is 9.47 Å². The maximum absolute atomic E-state index is 11.4. The molecule has 0 aliphatic heterocycles. The zero-order chi connectivity index (χ0) is 14.2. The Morgan fingerprint density at radius 1 is 1.20 bits per heavy atom. The molecule has 1 saturated carbocycles. The maximum Gasteiger partial charge on any atom is 0.509 e. The normalized spacial score (nSPS) is 16.6. The number of methoxy groups -OCH3 is 1. The molecule has 0 radical (unpaired) electrons. The molecule has 0 aromatic heterocycles. The predicted octanol–water partition coefficient (Wildman–Crippen LogP) is 3.77. The molecule has 0 spiro atoms. The topological polar surface area (TPSA) is 35.5 Å². The minimum Gasteiger partial charge on any atom is -0.438 e. The van der Waals surface area contributed by atoms with E-state index in [0.29, 0.717) is 5.92 Å². The lowest BCUT2D eigenvalue weighted by molar-refractivity contribution is 0.0291. The minimum atomic E-state index is -0.650. The number of hydrogen-bond acceptors (Lipinski definition) is 3. The van der Waals surface area contributed by atoms with Crippen LogP contribution in [-0.2, 0) is 9.47 Å². The Hall–Kier alpha value is -1.95. The van der Waals surface area contributed by atoms with Crippen molar-refractivity contribution in [2.24, 2.45) is 5.92 Å². The Kier molecular flexibility index (Phi) is 5.49. The summed E-state index contributed by atoms with van der Waals surface area (Å²) in [5.74, 6) is 6.51. The summed E-state index contributed by atoms with van der Waals surface area (Å²) in [6.07, 6.45) is 4.72. The average Bonchev–Trinajstić information content (AvgIpc) is 2.53. The fourth-order valence-corrected chi connectivity index (χ4v) is 2.51. The number of hydrogen-bond donors (Lipinski definition) is 0. The molecule has 1 aromatic carbocycles. The summed E-state index contributed by atoms with van der Waals surface area (Å²) in [6, 6.07) is 9.74. The van der Waals surface area contributed by atoms with Crippen LogP contribution in [0.3, 0.4) is 0 Å². The number of carbonyl (C=O) groups excluding carboxylic acids is 1. The molecule has 0 N–H and O–H groups in total. The molecule has 1 aliphatic carbocycles. The fourth-order valence-electron chi connectivity index (χ4n) is 2.51. The average molecular weight is 272 g/mol. The van der Waals surface area contributed by atoms with Gasteiger partial charge in [0.15, 0.2) is 6.10 Å². The van der Waals surface area contributed by atoms with Gasteiger partial charge in [-0.15, -0.1) is 0 Å². The third-order valence-electron chi connectivity index (χ3n) is 3.60. The van der Waals surface area contributed by atoms with Crippen LogP contribution in [-0.4, -0.2) is 19.4 Å². The third-order valence-corrected chi connectivity index (χ3v) is 3.60. The summed E-state index contributed by atoms with van der Waals surface area (Å²) in [4.78, 5) is 11.4. The molecular weight excluding hydrogens is 252 g/mol. The van der Waals surface area contributed by atoms with Crippen LogP contribution in [0, 0.1) is 17.8 Å². The molecule has 0 heterocycles. The van der Waals surface area contributed by atoms with E-state index in [2.05, 4.69) is 16.6 Å². The van der Waals surface area contributed by atoms with E-state index in [1.165, 1.54) is 26.4 Å². The van der Waals surface area contributed by atoms with Crippen molar-refractivity contribution in [3.63, 3.8) is 0 Å². The van der Waals surface area contributed by atoms with Gasteiger partial charge in [-0.1, -0.05) is 49.3 Å². The van der Waals surface area contributed by atoms with Crippen LogP contribution in [0.25, 0.3) is 0 Å². The molecule has 1 aliphatic rings. The molecule has 0 saturated heterocycles. The van der Waals surface area contributed by atoms with Crippen molar-refractivity contribution < 1.29 is 14.3 Å². The molecule has 3 nitrogen and oxygen atoms in total. The number of carbonyl (C=O) groups is 1. The van der Waals surface area contributed by atoms with Gasteiger partial charge in [0.1, 0.15) is 0 Å². The largest absolute Gasteiger partial charge is 0.509 e. The molecule has 2 rings (SSSR count). The third kappa shape index (κ3) is 4.31. The monoisotopic (exact) mass is 272 g/mol. The molecule has 106 valence electrons. The molecular formula is C17H20O3. The highest BCUT2D eigenvalue weighted by Gasteiger charge is 2.25. The first-order valence-corrected chi connectivity index (χ1v) is 7.11. The number of benzene rings is 1. The molecule has 0 bridgehead atoms. The summed E-state index contributed by atoms with van der Waals surface area (Å²) in [7, 11) is 1.32. The van der Waals surface area contributed by atoms with E-state index >= 15 is 0 Å². The van der Waals surface area contributed by atoms with Gasteiger partial charge in [0.2, 0.25) is 0 Å². The molecule has 0 amide bonds. The van der Waals surface area contributed by atoms with Crippen molar-refractivity contribution in [1.29, 1.82) is 0 Å². The van der Waals surface area contributed by atoms with Gasteiger partial charge >= 0.3 is 6.16 Å². The SMILES string of the molecule is COC(=O)OC(C#Cc1ccccc1)C1CCCCC1. The van der Waals surface area contributed by atoms with Gasteiger partial charge in [0, 0.05) is 11.5 Å². The smallest absolute Gasteiger partial charge is 0.438 e. The molecule has 20 heavy (non-hydrogen) atoms. The summed E-state index contributed by atoms with van der Waals surface area (Å²) in [5.41, 5.74) is 0.932. The number of rotatable bonds is 2. The quantitative estimate of drug-likeness (QED) is 0.607.